The first kappa shape index (κ1) is 86.4. The lowest BCUT2D eigenvalue weighted by Crippen LogP contribution is -2.44. The van der Waals surface area contributed by atoms with Crippen LogP contribution in [0.15, 0.2) is 188 Å². The molecule has 15 rings (SSSR count). The fraction of sp³-hybridized carbons (Fsp3) is 0.449. The highest BCUT2D eigenvalue weighted by Gasteiger charge is 2.52. The maximum atomic E-state index is 12.8. The van der Waals surface area contributed by atoms with E-state index in [1.165, 1.54) is 75.8 Å². The molecule has 0 radical (unpaired) electrons. The smallest absolute Gasteiger partial charge is 0.445 e. The standard InChI is InChI=1S/C32H35N3O3.C26H34N2O.C24H29N3O.C16H25BN2O3/c1-3-34(4-2)30(36)29-15-14-26(22-33-29)28-21-32(20-25-12-8-9-13-27(25)28)16-18-35(19-17-32)31(37)38-23-24-10-6-5-7-11-24;1-4-28(5-2)25(29)21-10-8-20(9-11-21)24-18-26(12-14-27-15-13-26)17-22-7-6-19(3)16-23(22)24;1-3-27(4-2)23(28)22-10-9-19(17-26-22)21-16-24(11-13-25-14-12-24)15-18-7-5-6-8-20(18)21;1-7-19(8-2)14(20)13-10-9-12(11-18-13)17-21-15(3,4)16(5,6)22-17/h5-15,21-22H,3-4,16-20,23H2,1-2H3;6-11,16,24,27H,4-5,12-15,17-18H2,1-3H3;5-10,16-17,25H,3-4,11-15H2,1-2H3;9-11H,7-8H2,1-6H3. The van der Waals surface area contributed by atoms with Crippen molar-refractivity contribution in [3.8, 4) is 0 Å². The monoisotopic (exact) mass is 1580 g/mol. The minimum atomic E-state index is -0.449. The first-order valence-electron chi connectivity index (χ1n) is 43.0. The molecule has 616 valence electrons. The predicted molar refractivity (Wildman–Crippen MR) is 469 cm³/mol. The summed E-state index contributed by atoms with van der Waals surface area (Å²) in [6.45, 7) is 37.8. The quantitative estimate of drug-likeness (QED) is 0.0772. The van der Waals surface area contributed by atoms with Gasteiger partial charge in [0, 0.05) is 112 Å². The number of pyridine rings is 3. The van der Waals surface area contributed by atoms with E-state index in [9.17, 15) is 24.0 Å². The van der Waals surface area contributed by atoms with E-state index in [1.807, 2.05) is 172 Å². The number of amides is 5. The van der Waals surface area contributed by atoms with E-state index in [4.69, 9.17) is 14.0 Å². The van der Waals surface area contributed by atoms with Gasteiger partial charge in [-0.3, -0.25) is 34.1 Å². The van der Waals surface area contributed by atoms with Crippen molar-refractivity contribution in [1.82, 2.24) is 50.1 Å². The van der Waals surface area contributed by atoms with Crippen molar-refractivity contribution in [1.29, 1.82) is 0 Å². The van der Waals surface area contributed by atoms with Crippen molar-refractivity contribution in [3.63, 3.8) is 0 Å². The van der Waals surface area contributed by atoms with Crippen LogP contribution in [0.1, 0.15) is 237 Å². The van der Waals surface area contributed by atoms with Crippen molar-refractivity contribution in [2.24, 2.45) is 16.2 Å². The van der Waals surface area contributed by atoms with Gasteiger partial charge in [-0.25, -0.2) is 4.79 Å². The van der Waals surface area contributed by atoms with Gasteiger partial charge < -0.3 is 49.2 Å². The zero-order chi connectivity index (χ0) is 83.1. The number of hydrogen-bond donors (Lipinski definition) is 2. The fourth-order valence-electron chi connectivity index (χ4n) is 17.9. The number of nitrogens with zero attached hydrogens (tertiary/aromatic N) is 8. The highest BCUT2D eigenvalue weighted by atomic mass is 16.7. The third-order valence-electron chi connectivity index (χ3n) is 25.8. The molecular formula is C98H123BN10O8. The Kier molecular flexibility index (Phi) is 28.6. The van der Waals surface area contributed by atoms with Gasteiger partial charge in [-0.1, -0.05) is 145 Å². The third kappa shape index (κ3) is 20.1. The highest BCUT2D eigenvalue weighted by Crippen LogP contribution is 2.51. The molecule has 4 saturated heterocycles. The molecule has 3 aromatic heterocycles. The van der Waals surface area contributed by atoms with Gasteiger partial charge in [0.15, 0.2) is 0 Å². The van der Waals surface area contributed by atoms with Gasteiger partial charge in [-0.2, -0.15) is 0 Å². The predicted octanol–water partition coefficient (Wildman–Crippen LogP) is 16.7. The summed E-state index contributed by atoms with van der Waals surface area (Å²) in [5.41, 5.74) is 19.4. The number of likely N-dealkylation sites (tertiary alicyclic amines) is 1. The number of allylic oxidation sites excluding steroid dienone is 2. The molecule has 4 aliphatic heterocycles. The van der Waals surface area contributed by atoms with E-state index < -0.39 is 7.12 Å². The molecule has 2 N–H and O–H groups in total. The van der Waals surface area contributed by atoms with Crippen LogP contribution in [0.4, 0.5) is 4.79 Å². The molecule has 5 aromatic carbocycles. The van der Waals surface area contributed by atoms with Gasteiger partial charge in [0.25, 0.3) is 23.6 Å². The van der Waals surface area contributed by atoms with Crippen molar-refractivity contribution in [2.75, 3.05) is 91.6 Å². The highest BCUT2D eigenvalue weighted by molar-refractivity contribution is 6.62. The van der Waals surface area contributed by atoms with E-state index in [0.717, 1.165) is 111 Å². The van der Waals surface area contributed by atoms with Crippen LogP contribution in [0, 0.1) is 23.2 Å². The van der Waals surface area contributed by atoms with Crippen molar-refractivity contribution in [2.45, 2.75) is 178 Å². The number of aryl methyl sites for hydroxylation is 1. The van der Waals surface area contributed by atoms with Crippen LogP contribution in [0.2, 0.25) is 0 Å². The second-order valence-electron chi connectivity index (χ2n) is 33.6. The summed E-state index contributed by atoms with van der Waals surface area (Å²) < 4.78 is 17.6. The molecule has 7 aliphatic rings. The van der Waals surface area contributed by atoms with Crippen LogP contribution in [-0.4, -0.2) is 179 Å². The number of nitrogens with one attached hydrogen (secondary N) is 2. The largest absolute Gasteiger partial charge is 0.496 e. The Morgan fingerprint density at radius 2 is 0.923 bits per heavy atom. The summed E-state index contributed by atoms with van der Waals surface area (Å²) in [5.74, 6) is 0.475. The Morgan fingerprint density at radius 1 is 0.479 bits per heavy atom. The Bertz CT molecular complexity index is 4740. The van der Waals surface area contributed by atoms with Crippen molar-refractivity contribution >= 4 is 53.4 Å². The van der Waals surface area contributed by atoms with Gasteiger partial charge in [0.1, 0.15) is 23.7 Å². The first-order valence-corrected chi connectivity index (χ1v) is 43.0. The van der Waals surface area contributed by atoms with E-state index in [-0.39, 0.29) is 51.8 Å². The zero-order valence-corrected chi connectivity index (χ0v) is 71.6. The maximum absolute atomic E-state index is 12.8. The lowest BCUT2D eigenvalue weighted by molar-refractivity contribution is 0.00578. The first-order chi connectivity index (χ1) is 56.4. The number of carbonyl (C=O) groups is 5. The number of aromatic nitrogens is 3. The van der Waals surface area contributed by atoms with Crippen LogP contribution < -0.4 is 16.1 Å². The average molecular weight is 1580 g/mol. The van der Waals surface area contributed by atoms with Gasteiger partial charge in [-0.05, 0) is 283 Å². The summed E-state index contributed by atoms with van der Waals surface area (Å²) in [4.78, 5) is 85.5. The summed E-state index contributed by atoms with van der Waals surface area (Å²) >= 11 is 0. The Labute approximate surface area is 695 Å². The van der Waals surface area contributed by atoms with Crippen LogP contribution in [0.3, 0.4) is 0 Å². The Morgan fingerprint density at radius 3 is 1.38 bits per heavy atom. The molecule has 1 atom stereocenters. The summed E-state index contributed by atoms with van der Waals surface area (Å²) in [7, 11) is -0.449. The molecule has 8 aromatic rings. The van der Waals surface area contributed by atoms with E-state index >= 15 is 0 Å². The van der Waals surface area contributed by atoms with Crippen molar-refractivity contribution < 1.29 is 38.0 Å². The number of ether oxygens (including phenoxy) is 1. The molecule has 4 fully saturated rings. The molecule has 7 heterocycles. The average Bonchev–Trinajstić information content (AvgIpc) is 1.76. The molecule has 5 amide bonds. The van der Waals surface area contributed by atoms with Gasteiger partial charge >= 0.3 is 13.2 Å². The molecule has 3 spiro atoms. The number of carbonyl (C=O) groups excluding carboxylic acids is 5. The second kappa shape index (κ2) is 38.7. The molecule has 1 unspecified atom stereocenters. The topological polar surface area (TPSA) is 192 Å². The molecular weight excluding hydrogens is 1460 g/mol. The lowest BCUT2D eigenvalue weighted by Gasteiger charge is -2.45. The minimum Gasteiger partial charge on any atom is -0.445 e. The molecule has 18 nitrogen and oxygen atoms in total. The van der Waals surface area contributed by atoms with E-state index in [0.29, 0.717) is 87.4 Å². The molecule has 3 aliphatic carbocycles. The molecule has 117 heavy (non-hydrogen) atoms. The maximum Gasteiger partial charge on any atom is 0.496 e. The molecule has 0 saturated carbocycles. The summed E-state index contributed by atoms with van der Waals surface area (Å²) in [6.07, 6.45) is 21.1. The van der Waals surface area contributed by atoms with Crippen molar-refractivity contribution in [3.05, 3.63) is 272 Å². The zero-order valence-electron chi connectivity index (χ0n) is 71.6. The van der Waals surface area contributed by atoms with Crippen LogP contribution in [0.25, 0.3) is 11.1 Å². The normalized spacial score (nSPS) is 18.1. The molecule has 19 heteroatoms. The number of hydrogen-bond acceptors (Lipinski definition) is 13. The van der Waals surface area contributed by atoms with Crippen LogP contribution >= 0.6 is 0 Å². The lowest BCUT2D eigenvalue weighted by atomic mass is 9.61. The number of piperidine rings is 3. The van der Waals surface area contributed by atoms with Crippen LogP contribution in [-0.2, 0) is 39.9 Å². The number of rotatable bonds is 18. The van der Waals surface area contributed by atoms with E-state index in [1.54, 1.807) is 27.0 Å². The van der Waals surface area contributed by atoms with E-state index in [2.05, 4.69) is 130 Å². The van der Waals surface area contributed by atoms with Gasteiger partial charge in [0.2, 0.25) is 0 Å². The van der Waals surface area contributed by atoms with Gasteiger partial charge in [-0.15, -0.1) is 0 Å². The second-order valence-corrected chi connectivity index (χ2v) is 33.6. The Hall–Kier alpha value is -9.92. The summed E-state index contributed by atoms with van der Waals surface area (Å²) in [5, 5.41) is 7.04. The number of benzene rings is 5. The number of fused-ring (bicyclic) bond motifs is 3. The van der Waals surface area contributed by atoms with Crippen LogP contribution in [0.5, 0.6) is 0 Å². The fourth-order valence-corrected chi connectivity index (χ4v) is 17.9. The summed E-state index contributed by atoms with van der Waals surface area (Å²) in [6, 6.07) is 53.9. The molecule has 0 bridgehead atoms. The third-order valence-corrected chi connectivity index (χ3v) is 25.8. The minimum absolute atomic E-state index is 0.00407. The Balaban J connectivity index is 0.000000146. The SMILES string of the molecule is CCN(CC)C(=O)c1ccc(B2OC(C)(C)C(C)(C)O2)cn1.CCN(CC)C(=O)c1ccc(C2=CC3(CCN(C(=O)OCc4ccccc4)CC3)Cc3ccccc32)cn1.CCN(CC)C(=O)c1ccc(C2=CC3(CCNCC3)Cc3ccccc32)cn1.CCN(CC)C(=O)c1ccc(C2CC3(CCNCC3)Cc3ccc(C)cc32)cc1. The van der Waals surface area contributed by atoms with Gasteiger partial charge in [0.05, 0.1) is 11.2 Å².